The Morgan fingerprint density at radius 3 is 2.53 bits per heavy atom. The van der Waals surface area contributed by atoms with Crippen molar-refractivity contribution in [3.63, 3.8) is 0 Å². The summed E-state index contributed by atoms with van der Waals surface area (Å²) in [6.07, 6.45) is 1.96. The smallest absolute Gasteiger partial charge is 0.314 e. The number of amides is 2. The molecule has 0 unspecified atom stereocenters. The molecule has 0 atom stereocenters. The maximum atomic E-state index is 11.2. The van der Waals surface area contributed by atoms with Gasteiger partial charge in [-0.25, -0.2) is 4.79 Å². The highest BCUT2D eigenvalue weighted by Crippen LogP contribution is 2.15. The second kappa shape index (κ2) is 6.43. The van der Waals surface area contributed by atoms with Gasteiger partial charge in [-0.1, -0.05) is 12.1 Å². The minimum Gasteiger partial charge on any atom is -0.508 e. The molecule has 0 radical (unpaired) electrons. The number of carbonyl (C=O) groups is 1. The van der Waals surface area contributed by atoms with Crippen molar-refractivity contribution in [1.29, 1.82) is 0 Å². The summed E-state index contributed by atoms with van der Waals surface area (Å²) in [5.41, 5.74) is 1.20. The second-order valence-corrected chi connectivity index (χ2v) is 4.94. The van der Waals surface area contributed by atoms with Crippen LogP contribution >= 0.6 is 0 Å². The van der Waals surface area contributed by atoms with Gasteiger partial charge in [0.2, 0.25) is 0 Å². The van der Waals surface area contributed by atoms with Crippen molar-refractivity contribution in [3.8, 4) is 5.75 Å². The first-order valence-electron chi connectivity index (χ1n) is 6.66. The Kier molecular flexibility index (Phi) is 4.63. The summed E-state index contributed by atoms with van der Waals surface area (Å²) < 4.78 is 0. The van der Waals surface area contributed by atoms with Crippen molar-refractivity contribution in [1.82, 2.24) is 15.5 Å². The summed E-state index contributed by atoms with van der Waals surface area (Å²) in [6.45, 7) is 2.86. The molecule has 2 amide bonds. The van der Waals surface area contributed by atoms with E-state index in [0.717, 1.165) is 32.5 Å². The van der Waals surface area contributed by atoms with Gasteiger partial charge >= 0.3 is 6.03 Å². The number of nitrogens with one attached hydrogen (secondary N) is 2. The van der Waals surface area contributed by atoms with E-state index in [0.29, 0.717) is 5.75 Å². The number of carbonyl (C=O) groups excluding carboxylic acids is 1. The highest BCUT2D eigenvalue weighted by molar-refractivity contribution is 5.73. The van der Waals surface area contributed by atoms with Crippen LogP contribution in [0.3, 0.4) is 0 Å². The number of piperidine rings is 1. The molecule has 0 saturated carbocycles. The molecule has 1 aliphatic rings. The molecule has 5 nitrogen and oxygen atoms in total. The van der Waals surface area contributed by atoms with E-state index in [1.54, 1.807) is 19.2 Å². The molecule has 1 heterocycles. The molecule has 0 aromatic heterocycles. The van der Waals surface area contributed by atoms with Gasteiger partial charge in [0.1, 0.15) is 5.75 Å². The quantitative estimate of drug-likeness (QED) is 0.770. The van der Waals surface area contributed by atoms with Crippen LogP contribution < -0.4 is 10.6 Å². The van der Waals surface area contributed by atoms with Crippen molar-refractivity contribution in [2.24, 2.45) is 0 Å². The number of hydrogen-bond donors (Lipinski definition) is 3. The molecule has 1 aromatic rings. The van der Waals surface area contributed by atoms with Crippen molar-refractivity contribution < 1.29 is 9.90 Å². The lowest BCUT2D eigenvalue weighted by molar-refractivity contribution is 0.187. The van der Waals surface area contributed by atoms with E-state index in [1.165, 1.54) is 5.56 Å². The van der Waals surface area contributed by atoms with Crippen LogP contribution in [0, 0.1) is 0 Å². The molecule has 2 rings (SSSR count). The highest BCUT2D eigenvalue weighted by atomic mass is 16.3. The van der Waals surface area contributed by atoms with Gasteiger partial charge in [-0.05, 0) is 30.5 Å². The van der Waals surface area contributed by atoms with Crippen LogP contribution in [0.15, 0.2) is 24.3 Å². The van der Waals surface area contributed by atoms with Gasteiger partial charge in [0.05, 0.1) is 0 Å². The molecule has 1 aliphatic heterocycles. The van der Waals surface area contributed by atoms with Crippen LogP contribution in [0.1, 0.15) is 18.4 Å². The van der Waals surface area contributed by atoms with Crippen LogP contribution in [-0.4, -0.2) is 42.2 Å². The summed E-state index contributed by atoms with van der Waals surface area (Å²) in [7, 11) is 1.63. The number of hydrogen-bond acceptors (Lipinski definition) is 3. The summed E-state index contributed by atoms with van der Waals surface area (Å²) in [6, 6.07) is 7.51. The maximum Gasteiger partial charge on any atom is 0.314 e. The lowest BCUT2D eigenvalue weighted by Crippen LogP contribution is -2.46. The largest absolute Gasteiger partial charge is 0.508 e. The zero-order valence-corrected chi connectivity index (χ0v) is 11.2. The summed E-state index contributed by atoms with van der Waals surface area (Å²) in [5, 5.41) is 14.8. The lowest BCUT2D eigenvalue weighted by atomic mass is 10.0. The number of rotatable bonds is 3. The van der Waals surface area contributed by atoms with Crippen molar-refractivity contribution in [2.45, 2.75) is 25.4 Å². The second-order valence-electron chi connectivity index (χ2n) is 4.94. The van der Waals surface area contributed by atoms with Crippen molar-refractivity contribution in [2.75, 3.05) is 20.1 Å². The standard InChI is InChI=1S/C14H21N3O2/c1-15-14(19)16-12-6-8-17(9-7-12)10-11-2-4-13(18)5-3-11/h2-5,12,18H,6-10H2,1H3,(H2,15,16,19). The number of aromatic hydroxyl groups is 1. The van der Waals surface area contributed by atoms with Crippen LogP contribution in [0.4, 0.5) is 4.79 Å². The minimum atomic E-state index is -0.100. The third kappa shape index (κ3) is 4.13. The van der Waals surface area contributed by atoms with Crippen LogP contribution in [0.5, 0.6) is 5.75 Å². The third-order valence-electron chi connectivity index (χ3n) is 3.49. The number of nitrogens with zero attached hydrogens (tertiary/aromatic N) is 1. The third-order valence-corrected chi connectivity index (χ3v) is 3.49. The Morgan fingerprint density at radius 2 is 1.95 bits per heavy atom. The first-order valence-corrected chi connectivity index (χ1v) is 6.66. The van der Waals surface area contributed by atoms with Crippen molar-refractivity contribution in [3.05, 3.63) is 29.8 Å². The Labute approximate surface area is 113 Å². The molecular weight excluding hydrogens is 242 g/mol. The monoisotopic (exact) mass is 263 g/mol. The molecule has 1 saturated heterocycles. The van der Waals surface area contributed by atoms with Crippen LogP contribution in [0.2, 0.25) is 0 Å². The van der Waals surface area contributed by atoms with Gasteiger partial charge in [0.15, 0.2) is 0 Å². The van der Waals surface area contributed by atoms with Crippen LogP contribution in [-0.2, 0) is 6.54 Å². The minimum absolute atomic E-state index is 0.100. The van der Waals surface area contributed by atoms with E-state index in [-0.39, 0.29) is 12.1 Å². The number of phenolic OH excluding ortho intramolecular Hbond substituents is 1. The summed E-state index contributed by atoms with van der Waals surface area (Å²) in [4.78, 5) is 13.6. The van der Waals surface area contributed by atoms with Crippen LogP contribution in [0.25, 0.3) is 0 Å². The fraction of sp³-hybridized carbons (Fsp3) is 0.500. The van der Waals surface area contributed by atoms with Gasteiger partial charge in [0.25, 0.3) is 0 Å². The molecule has 3 N–H and O–H groups in total. The predicted octanol–water partition coefficient (Wildman–Crippen LogP) is 1.29. The number of benzene rings is 1. The molecule has 104 valence electrons. The molecule has 19 heavy (non-hydrogen) atoms. The van der Waals surface area contributed by atoms with Gasteiger partial charge in [0, 0.05) is 32.7 Å². The summed E-state index contributed by atoms with van der Waals surface area (Å²) >= 11 is 0. The predicted molar refractivity (Wildman–Crippen MR) is 74.0 cm³/mol. The van der Waals surface area contributed by atoms with Crippen molar-refractivity contribution >= 4 is 6.03 Å². The maximum absolute atomic E-state index is 11.2. The highest BCUT2D eigenvalue weighted by Gasteiger charge is 2.20. The average molecular weight is 263 g/mol. The fourth-order valence-electron chi connectivity index (χ4n) is 2.35. The molecule has 0 bridgehead atoms. The number of likely N-dealkylation sites (tertiary alicyclic amines) is 1. The Bertz CT molecular complexity index is 411. The van der Waals surface area contributed by atoms with Gasteiger partial charge in [-0.2, -0.15) is 0 Å². The fourth-order valence-corrected chi connectivity index (χ4v) is 2.35. The van der Waals surface area contributed by atoms with E-state index in [1.807, 2.05) is 12.1 Å². The van der Waals surface area contributed by atoms with E-state index in [9.17, 15) is 9.90 Å². The first kappa shape index (κ1) is 13.7. The molecular formula is C14H21N3O2. The normalized spacial score (nSPS) is 17.1. The molecule has 1 aromatic carbocycles. The molecule has 1 fully saturated rings. The first-order chi connectivity index (χ1) is 9.17. The Hall–Kier alpha value is -1.75. The summed E-state index contributed by atoms with van der Waals surface area (Å²) in [5.74, 6) is 0.303. The zero-order chi connectivity index (χ0) is 13.7. The molecule has 5 heteroatoms. The average Bonchev–Trinajstić information content (AvgIpc) is 2.43. The number of urea groups is 1. The lowest BCUT2D eigenvalue weighted by Gasteiger charge is -2.32. The number of phenols is 1. The zero-order valence-electron chi connectivity index (χ0n) is 11.2. The molecule has 0 aliphatic carbocycles. The Balaban J connectivity index is 1.77. The van der Waals surface area contributed by atoms with Gasteiger partial charge in [-0.3, -0.25) is 4.90 Å². The van der Waals surface area contributed by atoms with E-state index < -0.39 is 0 Å². The van der Waals surface area contributed by atoms with Gasteiger partial charge < -0.3 is 15.7 Å². The van der Waals surface area contributed by atoms with E-state index in [2.05, 4.69) is 15.5 Å². The molecule has 0 spiro atoms. The SMILES string of the molecule is CNC(=O)NC1CCN(Cc2ccc(O)cc2)CC1. The van der Waals surface area contributed by atoms with E-state index >= 15 is 0 Å². The Morgan fingerprint density at radius 1 is 1.32 bits per heavy atom. The van der Waals surface area contributed by atoms with Gasteiger partial charge in [-0.15, -0.1) is 0 Å². The topological polar surface area (TPSA) is 64.6 Å². The van der Waals surface area contributed by atoms with E-state index in [4.69, 9.17) is 0 Å².